The standard InChI is InChI=1S/C16H28N4S/c1-4-6-13-7-10-20(11-8-13)15-12-14(17-9-5-2)18-16(19-15)21-3/h12-13H,4-11H2,1-3H3,(H,17,18,19). The zero-order valence-corrected chi connectivity index (χ0v) is 14.4. The summed E-state index contributed by atoms with van der Waals surface area (Å²) in [7, 11) is 0. The van der Waals surface area contributed by atoms with Crippen LogP contribution in [0.25, 0.3) is 0 Å². The molecule has 1 N–H and O–H groups in total. The topological polar surface area (TPSA) is 41.0 Å². The molecule has 1 aromatic heterocycles. The first-order valence-corrected chi connectivity index (χ1v) is 9.41. The summed E-state index contributed by atoms with van der Waals surface area (Å²) in [5, 5.41) is 4.25. The van der Waals surface area contributed by atoms with Gasteiger partial charge in [-0.15, -0.1) is 0 Å². The van der Waals surface area contributed by atoms with Crippen molar-refractivity contribution < 1.29 is 0 Å². The molecule has 1 saturated heterocycles. The zero-order chi connectivity index (χ0) is 15.1. The van der Waals surface area contributed by atoms with Crippen LogP contribution in [0.4, 0.5) is 11.6 Å². The molecule has 0 bridgehead atoms. The number of thioether (sulfide) groups is 1. The highest BCUT2D eigenvalue weighted by molar-refractivity contribution is 7.98. The number of piperidine rings is 1. The molecule has 4 nitrogen and oxygen atoms in total. The maximum Gasteiger partial charge on any atom is 0.191 e. The number of nitrogens with one attached hydrogen (secondary N) is 1. The van der Waals surface area contributed by atoms with E-state index in [1.165, 1.54) is 25.7 Å². The molecule has 0 aromatic carbocycles. The number of nitrogens with zero attached hydrogens (tertiary/aromatic N) is 3. The van der Waals surface area contributed by atoms with Crippen molar-refractivity contribution in [1.29, 1.82) is 0 Å². The molecule has 0 unspecified atom stereocenters. The summed E-state index contributed by atoms with van der Waals surface area (Å²) < 4.78 is 0. The SMILES string of the molecule is CCCNc1cc(N2CCC(CCC)CC2)nc(SC)n1. The summed E-state index contributed by atoms with van der Waals surface area (Å²) in [6, 6.07) is 2.11. The lowest BCUT2D eigenvalue weighted by Gasteiger charge is -2.33. The van der Waals surface area contributed by atoms with Gasteiger partial charge in [-0.2, -0.15) is 0 Å². The van der Waals surface area contributed by atoms with Gasteiger partial charge in [-0.3, -0.25) is 0 Å². The van der Waals surface area contributed by atoms with Gasteiger partial charge < -0.3 is 10.2 Å². The van der Waals surface area contributed by atoms with Crippen LogP contribution in [0.15, 0.2) is 11.2 Å². The Morgan fingerprint density at radius 2 is 2.00 bits per heavy atom. The summed E-state index contributed by atoms with van der Waals surface area (Å²) in [5.74, 6) is 2.95. The highest BCUT2D eigenvalue weighted by atomic mass is 32.2. The molecule has 1 aliphatic rings. The van der Waals surface area contributed by atoms with E-state index in [9.17, 15) is 0 Å². The van der Waals surface area contributed by atoms with Crippen LogP contribution in [0.2, 0.25) is 0 Å². The van der Waals surface area contributed by atoms with Crippen molar-refractivity contribution in [3.63, 3.8) is 0 Å². The first kappa shape index (κ1) is 16.4. The summed E-state index contributed by atoms with van der Waals surface area (Å²) in [6.07, 6.45) is 8.41. The Bertz CT molecular complexity index is 430. The van der Waals surface area contributed by atoms with Crippen LogP contribution >= 0.6 is 11.8 Å². The first-order valence-electron chi connectivity index (χ1n) is 8.18. The molecule has 0 aliphatic carbocycles. The van der Waals surface area contributed by atoms with E-state index in [2.05, 4.69) is 35.1 Å². The molecule has 21 heavy (non-hydrogen) atoms. The van der Waals surface area contributed by atoms with Crippen LogP contribution in [-0.4, -0.2) is 35.9 Å². The van der Waals surface area contributed by atoms with Crippen LogP contribution < -0.4 is 10.2 Å². The molecular formula is C16H28N4S. The largest absolute Gasteiger partial charge is 0.370 e. The van der Waals surface area contributed by atoms with Crippen LogP contribution in [0, 0.1) is 5.92 Å². The first-order chi connectivity index (χ1) is 10.3. The summed E-state index contributed by atoms with van der Waals surface area (Å²) in [6.45, 7) is 7.67. The fourth-order valence-electron chi connectivity index (χ4n) is 2.87. The minimum atomic E-state index is 0.863. The number of aromatic nitrogens is 2. The van der Waals surface area contributed by atoms with E-state index >= 15 is 0 Å². The Morgan fingerprint density at radius 3 is 2.62 bits per heavy atom. The highest BCUT2D eigenvalue weighted by Crippen LogP contribution is 2.27. The smallest absolute Gasteiger partial charge is 0.191 e. The third kappa shape index (κ3) is 4.77. The number of hydrogen-bond donors (Lipinski definition) is 1. The molecule has 1 fully saturated rings. The van der Waals surface area contributed by atoms with E-state index in [1.807, 2.05) is 6.26 Å². The van der Waals surface area contributed by atoms with E-state index in [4.69, 9.17) is 4.98 Å². The van der Waals surface area contributed by atoms with Gasteiger partial charge in [0.15, 0.2) is 5.16 Å². The van der Waals surface area contributed by atoms with Crippen molar-refractivity contribution in [3.05, 3.63) is 6.07 Å². The molecule has 0 atom stereocenters. The fourth-order valence-corrected chi connectivity index (χ4v) is 3.24. The Hall–Kier alpha value is -0.970. The predicted molar refractivity (Wildman–Crippen MR) is 92.4 cm³/mol. The maximum absolute atomic E-state index is 4.69. The van der Waals surface area contributed by atoms with E-state index < -0.39 is 0 Å². The van der Waals surface area contributed by atoms with Crippen molar-refractivity contribution in [2.75, 3.05) is 36.1 Å². The average molecular weight is 308 g/mol. The Balaban J connectivity index is 2.04. The molecule has 5 heteroatoms. The van der Waals surface area contributed by atoms with Gasteiger partial charge in [-0.05, 0) is 31.4 Å². The lowest BCUT2D eigenvalue weighted by molar-refractivity contribution is 0.377. The monoisotopic (exact) mass is 308 g/mol. The van der Waals surface area contributed by atoms with Crippen LogP contribution in [-0.2, 0) is 0 Å². The molecule has 2 heterocycles. The highest BCUT2D eigenvalue weighted by Gasteiger charge is 2.20. The quantitative estimate of drug-likeness (QED) is 0.608. The second-order valence-corrected chi connectivity index (χ2v) is 6.52. The number of rotatable bonds is 7. The molecule has 2 rings (SSSR count). The number of hydrogen-bond acceptors (Lipinski definition) is 5. The van der Waals surface area contributed by atoms with Crippen molar-refractivity contribution in [1.82, 2.24) is 9.97 Å². The van der Waals surface area contributed by atoms with Crippen molar-refractivity contribution in [2.45, 2.75) is 51.1 Å². The van der Waals surface area contributed by atoms with Crippen LogP contribution in [0.5, 0.6) is 0 Å². The molecule has 0 spiro atoms. The van der Waals surface area contributed by atoms with Gasteiger partial charge in [-0.1, -0.05) is 38.5 Å². The van der Waals surface area contributed by atoms with E-state index in [1.54, 1.807) is 11.8 Å². The molecule has 1 aromatic rings. The lowest BCUT2D eigenvalue weighted by atomic mass is 9.92. The molecule has 0 radical (unpaired) electrons. The van der Waals surface area contributed by atoms with Gasteiger partial charge in [-0.25, -0.2) is 9.97 Å². The summed E-state index contributed by atoms with van der Waals surface area (Å²) in [4.78, 5) is 11.7. The summed E-state index contributed by atoms with van der Waals surface area (Å²) >= 11 is 1.61. The Kier molecular flexibility index (Phi) is 6.61. The molecular weight excluding hydrogens is 280 g/mol. The van der Waals surface area contributed by atoms with E-state index in [0.717, 1.165) is 48.8 Å². The van der Waals surface area contributed by atoms with Gasteiger partial charge >= 0.3 is 0 Å². The molecule has 0 amide bonds. The second kappa shape index (κ2) is 8.47. The van der Waals surface area contributed by atoms with Gasteiger partial charge in [0.1, 0.15) is 11.6 Å². The lowest BCUT2D eigenvalue weighted by Crippen LogP contribution is -2.34. The summed E-state index contributed by atoms with van der Waals surface area (Å²) in [5.41, 5.74) is 0. The zero-order valence-electron chi connectivity index (χ0n) is 13.6. The fraction of sp³-hybridized carbons (Fsp3) is 0.750. The second-order valence-electron chi connectivity index (χ2n) is 5.74. The maximum atomic E-state index is 4.69. The third-order valence-corrected chi connectivity index (χ3v) is 4.61. The van der Waals surface area contributed by atoms with E-state index in [0.29, 0.717) is 0 Å². The minimum absolute atomic E-state index is 0.863. The molecule has 0 saturated carbocycles. The van der Waals surface area contributed by atoms with Crippen LogP contribution in [0.3, 0.4) is 0 Å². The van der Waals surface area contributed by atoms with Gasteiger partial charge in [0.25, 0.3) is 0 Å². The van der Waals surface area contributed by atoms with Gasteiger partial charge in [0.2, 0.25) is 0 Å². The van der Waals surface area contributed by atoms with Crippen molar-refractivity contribution in [3.8, 4) is 0 Å². The van der Waals surface area contributed by atoms with E-state index in [-0.39, 0.29) is 0 Å². The molecule has 118 valence electrons. The third-order valence-electron chi connectivity index (χ3n) is 4.07. The van der Waals surface area contributed by atoms with Crippen LogP contribution in [0.1, 0.15) is 46.0 Å². The van der Waals surface area contributed by atoms with Crippen molar-refractivity contribution in [2.24, 2.45) is 5.92 Å². The Morgan fingerprint density at radius 1 is 1.24 bits per heavy atom. The van der Waals surface area contributed by atoms with Gasteiger partial charge in [0.05, 0.1) is 0 Å². The Labute approximate surface area is 133 Å². The normalized spacial score (nSPS) is 16.2. The van der Waals surface area contributed by atoms with Gasteiger partial charge in [0, 0.05) is 25.7 Å². The molecule has 1 aliphatic heterocycles. The van der Waals surface area contributed by atoms with Crippen molar-refractivity contribution >= 4 is 23.4 Å². The average Bonchev–Trinajstić information content (AvgIpc) is 2.53. The number of anilines is 2. The predicted octanol–water partition coefficient (Wildman–Crippen LogP) is 4.04. The minimum Gasteiger partial charge on any atom is -0.370 e.